The maximum Gasteiger partial charge on any atom is 0.225 e. The zero-order chi connectivity index (χ0) is 13.5. The molecule has 19 heavy (non-hydrogen) atoms. The second-order valence-electron chi connectivity index (χ2n) is 4.40. The van der Waals surface area contributed by atoms with Crippen LogP contribution in [-0.2, 0) is 17.6 Å². The molecule has 2 rings (SSSR count). The number of aromatic amines is 1. The van der Waals surface area contributed by atoms with E-state index in [1.807, 2.05) is 24.3 Å². The quantitative estimate of drug-likeness (QED) is 0.835. The molecule has 2 aromatic heterocycles. The maximum atomic E-state index is 11.8. The average molecular weight is 258 g/mol. The first-order valence-electron chi connectivity index (χ1n) is 6.52. The van der Waals surface area contributed by atoms with Crippen LogP contribution >= 0.6 is 0 Å². The summed E-state index contributed by atoms with van der Waals surface area (Å²) in [6.07, 6.45) is 4.77. The van der Waals surface area contributed by atoms with Crippen molar-refractivity contribution in [3.05, 3.63) is 41.9 Å². The second-order valence-corrected chi connectivity index (χ2v) is 4.40. The van der Waals surface area contributed by atoms with E-state index in [2.05, 4.69) is 27.4 Å². The Morgan fingerprint density at radius 3 is 3.00 bits per heavy atom. The molecule has 0 spiro atoms. The number of aryl methyl sites for hydroxylation is 2. The molecule has 0 atom stereocenters. The molecule has 0 aliphatic rings. The molecule has 100 valence electrons. The Balaban J connectivity index is 1.80. The molecule has 0 aliphatic heterocycles. The van der Waals surface area contributed by atoms with Gasteiger partial charge < -0.3 is 5.32 Å². The minimum absolute atomic E-state index is 0.0415. The van der Waals surface area contributed by atoms with Gasteiger partial charge in [-0.15, -0.1) is 0 Å². The Morgan fingerprint density at radius 1 is 1.37 bits per heavy atom. The van der Waals surface area contributed by atoms with E-state index in [1.165, 1.54) is 0 Å². The molecule has 0 fully saturated rings. The van der Waals surface area contributed by atoms with Crippen LogP contribution in [0.5, 0.6) is 0 Å². The average Bonchev–Trinajstić information content (AvgIpc) is 2.85. The standard InChI is InChI=1S/C14H18N4O/c1-2-5-12-10-13(18-17-12)16-14(19)8-7-11-6-3-4-9-15-11/h3-4,6,9-10H,2,5,7-8H2,1H3,(H2,16,17,18,19). The van der Waals surface area contributed by atoms with E-state index in [4.69, 9.17) is 0 Å². The lowest BCUT2D eigenvalue weighted by Crippen LogP contribution is -2.12. The molecule has 2 heterocycles. The number of rotatable bonds is 6. The van der Waals surface area contributed by atoms with Crippen molar-refractivity contribution in [2.45, 2.75) is 32.6 Å². The monoisotopic (exact) mass is 258 g/mol. The summed E-state index contributed by atoms with van der Waals surface area (Å²) < 4.78 is 0. The van der Waals surface area contributed by atoms with E-state index < -0.39 is 0 Å². The van der Waals surface area contributed by atoms with Gasteiger partial charge in [-0.05, 0) is 25.0 Å². The molecule has 0 saturated carbocycles. The van der Waals surface area contributed by atoms with Crippen molar-refractivity contribution in [2.75, 3.05) is 5.32 Å². The van der Waals surface area contributed by atoms with Gasteiger partial charge in [0, 0.05) is 30.1 Å². The van der Waals surface area contributed by atoms with Crippen molar-refractivity contribution in [1.29, 1.82) is 0 Å². The molecule has 0 aromatic carbocycles. The van der Waals surface area contributed by atoms with Crippen molar-refractivity contribution < 1.29 is 4.79 Å². The van der Waals surface area contributed by atoms with Crippen molar-refractivity contribution in [1.82, 2.24) is 15.2 Å². The van der Waals surface area contributed by atoms with Crippen LogP contribution < -0.4 is 5.32 Å². The van der Waals surface area contributed by atoms with Gasteiger partial charge in [0.2, 0.25) is 5.91 Å². The zero-order valence-corrected chi connectivity index (χ0v) is 11.0. The van der Waals surface area contributed by atoms with Gasteiger partial charge in [0.05, 0.1) is 0 Å². The fourth-order valence-electron chi connectivity index (χ4n) is 1.82. The molecule has 5 nitrogen and oxygen atoms in total. The van der Waals surface area contributed by atoms with Crippen LogP contribution in [-0.4, -0.2) is 21.1 Å². The van der Waals surface area contributed by atoms with Crippen LogP contribution in [0, 0.1) is 0 Å². The maximum absolute atomic E-state index is 11.8. The van der Waals surface area contributed by atoms with Crippen molar-refractivity contribution >= 4 is 11.7 Å². The van der Waals surface area contributed by atoms with Gasteiger partial charge in [0.1, 0.15) is 0 Å². The molecule has 5 heteroatoms. The molecule has 0 saturated heterocycles. The second kappa shape index (κ2) is 6.68. The van der Waals surface area contributed by atoms with E-state index in [1.54, 1.807) is 6.20 Å². The molecular formula is C14H18N4O. The number of nitrogens with one attached hydrogen (secondary N) is 2. The van der Waals surface area contributed by atoms with Crippen molar-refractivity contribution in [3.8, 4) is 0 Å². The van der Waals surface area contributed by atoms with Crippen LogP contribution in [0.1, 0.15) is 31.2 Å². The minimum Gasteiger partial charge on any atom is -0.309 e. The predicted octanol–water partition coefficient (Wildman–Crippen LogP) is 2.33. The van der Waals surface area contributed by atoms with Gasteiger partial charge >= 0.3 is 0 Å². The predicted molar refractivity (Wildman–Crippen MR) is 73.8 cm³/mol. The van der Waals surface area contributed by atoms with Crippen LogP contribution in [0.4, 0.5) is 5.82 Å². The highest BCUT2D eigenvalue weighted by molar-refractivity contribution is 5.89. The topological polar surface area (TPSA) is 70.7 Å². The lowest BCUT2D eigenvalue weighted by molar-refractivity contribution is -0.116. The normalized spacial score (nSPS) is 10.4. The van der Waals surface area contributed by atoms with Gasteiger partial charge in [0.25, 0.3) is 0 Å². The van der Waals surface area contributed by atoms with Gasteiger partial charge in [-0.2, -0.15) is 5.10 Å². The van der Waals surface area contributed by atoms with Gasteiger partial charge in [0.15, 0.2) is 5.82 Å². The number of nitrogens with zero attached hydrogens (tertiary/aromatic N) is 2. The summed E-state index contributed by atoms with van der Waals surface area (Å²) in [7, 11) is 0. The van der Waals surface area contributed by atoms with E-state index in [-0.39, 0.29) is 5.91 Å². The van der Waals surface area contributed by atoms with Gasteiger partial charge in [-0.3, -0.25) is 14.9 Å². The fraction of sp³-hybridized carbons (Fsp3) is 0.357. The number of aromatic nitrogens is 3. The summed E-state index contributed by atoms with van der Waals surface area (Å²) in [5, 5.41) is 9.75. The number of pyridine rings is 1. The fourth-order valence-corrected chi connectivity index (χ4v) is 1.82. The summed E-state index contributed by atoms with van der Waals surface area (Å²) in [5.41, 5.74) is 1.97. The SMILES string of the molecule is CCCc1cc(NC(=O)CCc2ccccn2)n[nH]1. The lowest BCUT2D eigenvalue weighted by atomic mass is 10.2. The lowest BCUT2D eigenvalue weighted by Gasteiger charge is -2.01. The highest BCUT2D eigenvalue weighted by Gasteiger charge is 2.06. The summed E-state index contributed by atoms with van der Waals surface area (Å²) in [6, 6.07) is 7.58. The number of carbonyl (C=O) groups is 1. The first kappa shape index (κ1) is 13.3. The van der Waals surface area contributed by atoms with E-state index in [9.17, 15) is 4.79 Å². The summed E-state index contributed by atoms with van der Waals surface area (Å²) >= 11 is 0. The minimum atomic E-state index is -0.0415. The summed E-state index contributed by atoms with van der Waals surface area (Å²) in [6.45, 7) is 2.10. The van der Waals surface area contributed by atoms with E-state index in [0.29, 0.717) is 18.7 Å². The molecule has 0 bridgehead atoms. The smallest absolute Gasteiger partial charge is 0.225 e. The molecule has 2 aromatic rings. The van der Waals surface area contributed by atoms with Crippen LogP contribution in [0.2, 0.25) is 0 Å². The summed E-state index contributed by atoms with van der Waals surface area (Å²) in [4.78, 5) is 15.9. The Labute approximate surface area is 112 Å². The molecule has 0 aliphatic carbocycles. The number of anilines is 1. The van der Waals surface area contributed by atoms with E-state index in [0.717, 1.165) is 24.2 Å². The molecule has 0 radical (unpaired) electrons. The third-order valence-corrected chi connectivity index (χ3v) is 2.75. The van der Waals surface area contributed by atoms with E-state index >= 15 is 0 Å². The Morgan fingerprint density at radius 2 is 2.26 bits per heavy atom. The largest absolute Gasteiger partial charge is 0.309 e. The Bertz CT molecular complexity index is 521. The number of H-pyrrole nitrogens is 1. The highest BCUT2D eigenvalue weighted by atomic mass is 16.1. The molecular weight excluding hydrogens is 240 g/mol. The van der Waals surface area contributed by atoms with Gasteiger partial charge in [-0.25, -0.2) is 0 Å². The van der Waals surface area contributed by atoms with Crippen molar-refractivity contribution in [3.63, 3.8) is 0 Å². The third-order valence-electron chi connectivity index (χ3n) is 2.75. The van der Waals surface area contributed by atoms with Crippen LogP contribution in [0.25, 0.3) is 0 Å². The molecule has 0 unspecified atom stereocenters. The molecule has 2 N–H and O–H groups in total. The number of hydrogen-bond acceptors (Lipinski definition) is 3. The molecule has 1 amide bonds. The first-order chi connectivity index (χ1) is 9.28. The van der Waals surface area contributed by atoms with Crippen LogP contribution in [0.3, 0.4) is 0 Å². The van der Waals surface area contributed by atoms with Gasteiger partial charge in [-0.1, -0.05) is 19.4 Å². The van der Waals surface area contributed by atoms with Crippen molar-refractivity contribution in [2.24, 2.45) is 0 Å². The van der Waals surface area contributed by atoms with Crippen LogP contribution in [0.15, 0.2) is 30.5 Å². The Kier molecular flexibility index (Phi) is 4.66. The third kappa shape index (κ3) is 4.21. The first-order valence-corrected chi connectivity index (χ1v) is 6.52. The highest BCUT2D eigenvalue weighted by Crippen LogP contribution is 2.08. The number of carbonyl (C=O) groups excluding carboxylic acids is 1. The summed E-state index contributed by atoms with van der Waals surface area (Å²) in [5.74, 6) is 0.551. The number of hydrogen-bond donors (Lipinski definition) is 2. The Hall–Kier alpha value is -2.17. The zero-order valence-electron chi connectivity index (χ0n) is 11.0. The number of amides is 1.